The van der Waals surface area contributed by atoms with Crippen molar-refractivity contribution in [3.8, 4) is 0 Å². The molecule has 0 atom stereocenters. The molecule has 136 valence electrons. The van der Waals surface area contributed by atoms with E-state index in [9.17, 15) is 4.79 Å². The van der Waals surface area contributed by atoms with E-state index < -0.39 is 5.60 Å². The third-order valence-electron chi connectivity index (χ3n) is 4.04. The molecule has 0 aliphatic carbocycles. The van der Waals surface area contributed by atoms with Gasteiger partial charge in [-0.25, -0.2) is 4.79 Å². The van der Waals surface area contributed by atoms with E-state index in [-0.39, 0.29) is 11.7 Å². The van der Waals surface area contributed by atoms with Gasteiger partial charge < -0.3 is 23.8 Å². The summed E-state index contributed by atoms with van der Waals surface area (Å²) < 4.78 is 21.9. The second-order valence-electron chi connectivity index (χ2n) is 6.96. The van der Waals surface area contributed by atoms with Gasteiger partial charge in [-0.15, -0.1) is 0 Å². The van der Waals surface area contributed by atoms with Crippen molar-refractivity contribution < 1.29 is 23.7 Å². The Morgan fingerprint density at radius 3 is 2.22 bits per heavy atom. The molecule has 6 nitrogen and oxygen atoms in total. The Hall–Kier alpha value is -0.850. The first-order chi connectivity index (χ1) is 10.8. The van der Waals surface area contributed by atoms with Crippen LogP contribution in [0.25, 0.3) is 0 Å². The van der Waals surface area contributed by atoms with Crippen molar-refractivity contribution in [1.82, 2.24) is 4.90 Å². The number of hydrogen-bond acceptors (Lipinski definition) is 5. The first kappa shape index (κ1) is 20.2. The van der Waals surface area contributed by atoms with Crippen LogP contribution in [0.1, 0.15) is 47.0 Å². The van der Waals surface area contributed by atoms with Crippen molar-refractivity contribution >= 4 is 6.09 Å². The summed E-state index contributed by atoms with van der Waals surface area (Å²) in [5.41, 5.74) is -0.602. The summed E-state index contributed by atoms with van der Waals surface area (Å²) in [7, 11) is 1.66. The molecule has 1 saturated heterocycles. The summed E-state index contributed by atoms with van der Waals surface area (Å²) >= 11 is 0. The Kier molecular flexibility index (Phi) is 8.29. The molecular formula is C17H33NO5. The van der Waals surface area contributed by atoms with Crippen molar-refractivity contribution in [3.63, 3.8) is 0 Å². The molecule has 0 saturated carbocycles. The average Bonchev–Trinajstić information content (AvgIpc) is 2.49. The van der Waals surface area contributed by atoms with Crippen LogP contribution in [0.4, 0.5) is 4.79 Å². The second-order valence-corrected chi connectivity index (χ2v) is 6.96. The maximum atomic E-state index is 12.1. The molecule has 23 heavy (non-hydrogen) atoms. The van der Waals surface area contributed by atoms with Crippen molar-refractivity contribution in [2.75, 3.05) is 46.6 Å². The van der Waals surface area contributed by atoms with Crippen LogP contribution in [0.2, 0.25) is 0 Å². The lowest BCUT2D eigenvalue weighted by atomic mass is 9.88. The maximum absolute atomic E-state index is 12.1. The van der Waals surface area contributed by atoms with Crippen LogP contribution >= 0.6 is 0 Å². The highest BCUT2D eigenvalue weighted by atomic mass is 16.6. The summed E-state index contributed by atoms with van der Waals surface area (Å²) in [4.78, 5) is 13.9. The van der Waals surface area contributed by atoms with Crippen molar-refractivity contribution in [3.05, 3.63) is 0 Å². The minimum atomic E-state index is -0.452. The SMILES string of the molecule is CCC1(OCCOCCOC)CCN(C(=O)OC(C)(C)C)CC1. The Morgan fingerprint density at radius 2 is 1.70 bits per heavy atom. The molecule has 0 spiro atoms. The first-order valence-electron chi connectivity index (χ1n) is 8.50. The lowest BCUT2D eigenvalue weighted by molar-refractivity contribution is -0.102. The summed E-state index contributed by atoms with van der Waals surface area (Å²) in [6, 6.07) is 0. The highest BCUT2D eigenvalue weighted by Crippen LogP contribution is 2.30. The Balaban J connectivity index is 2.33. The molecule has 0 N–H and O–H groups in total. The average molecular weight is 331 g/mol. The Labute approximate surface area is 140 Å². The lowest BCUT2D eigenvalue weighted by Gasteiger charge is -2.41. The quantitative estimate of drug-likeness (QED) is 0.640. The molecule has 0 aromatic heterocycles. The number of rotatable bonds is 8. The van der Waals surface area contributed by atoms with E-state index in [1.54, 1.807) is 12.0 Å². The fourth-order valence-electron chi connectivity index (χ4n) is 2.58. The number of piperidine rings is 1. The summed E-state index contributed by atoms with van der Waals surface area (Å²) in [6.07, 6.45) is 2.37. The number of carbonyl (C=O) groups excluding carboxylic acids is 1. The smallest absolute Gasteiger partial charge is 0.410 e. The zero-order valence-corrected chi connectivity index (χ0v) is 15.4. The second kappa shape index (κ2) is 9.45. The zero-order chi connectivity index (χ0) is 17.3. The van der Waals surface area contributed by atoms with E-state index in [4.69, 9.17) is 18.9 Å². The highest BCUT2D eigenvalue weighted by molar-refractivity contribution is 5.68. The van der Waals surface area contributed by atoms with Crippen LogP contribution in [0, 0.1) is 0 Å². The van der Waals surface area contributed by atoms with E-state index in [0.717, 1.165) is 19.3 Å². The van der Waals surface area contributed by atoms with Gasteiger partial charge in [0.15, 0.2) is 0 Å². The lowest BCUT2D eigenvalue weighted by Crippen LogP contribution is -2.49. The molecule has 1 fully saturated rings. The normalized spacial score (nSPS) is 18.0. The highest BCUT2D eigenvalue weighted by Gasteiger charge is 2.36. The third-order valence-corrected chi connectivity index (χ3v) is 4.04. The first-order valence-corrected chi connectivity index (χ1v) is 8.50. The molecule has 1 aliphatic heterocycles. The predicted molar refractivity (Wildman–Crippen MR) is 88.7 cm³/mol. The van der Waals surface area contributed by atoms with E-state index in [0.29, 0.717) is 39.5 Å². The van der Waals surface area contributed by atoms with E-state index >= 15 is 0 Å². The molecule has 1 amide bonds. The van der Waals surface area contributed by atoms with E-state index in [1.807, 2.05) is 20.8 Å². The van der Waals surface area contributed by atoms with Crippen LogP contribution in [-0.2, 0) is 18.9 Å². The maximum Gasteiger partial charge on any atom is 0.410 e. The fourth-order valence-corrected chi connectivity index (χ4v) is 2.58. The molecule has 1 rings (SSSR count). The monoisotopic (exact) mass is 331 g/mol. The van der Waals surface area contributed by atoms with Gasteiger partial charge in [0.25, 0.3) is 0 Å². The number of amides is 1. The number of nitrogens with zero attached hydrogens (tertiary/aromatic N) is 1. The van der Waals surface area contributed by atoms with Gasteiger partial charge >= 0.3 is 6.09 Å². The number of carbonyl (C=O) groups is 1. The van der Waals surface area contributed by atoms with Crippen LogP contribution in [-0.4, -0.2) is 68.8 Å². The van der Waals surface area contributed by atoms with Crippen LogP contribution in [0.3, 0.4) is 0 Å². The van der Waals surface area contributed by atoms with Gasteiger partial charge in [-0.05, 0) is 40.0 Å². The largest absolute Gasteiger partial charge is 0.444 e. The van der Waals surface area contributed by atoms with Gasteiger partial charge in [-0.1, -0.05) is 6.92 Å². The molecule has 6 heteroatoms. The van der Waals surface area contributed by atoms with Crippen molar-refractivity contribution in [1.29, 1.82) is 0 Å². The molecule has 0 aromatic carbocycles. The fraction of sp³-hybridized carbons (Fsp3) is 0.941. The van der Waals surface area contributed by atoms with Gasteiger partial charge in [0.1, 0.15) is 5.60 Å². The molecule has 0 radical (unpaired) electrons. The number of likely N-dealkylation sites (tertiary alicyclic amines) is 1. The van der Waals surface area contributed by atoms with Crippen LogP contribution < -0.4 is 0 Å². The number of hydrogen-bond donors (Lipinski definition) is 0. The molecule has 0 aromatic rings. The van der Waals surface area contributed by atoms with Gasteiger partial charge in [-0.2, -0.15) is 0 Å². The molecule has 0 bridgehead atoms. The van der Waals surface area contributed by atoms with Crippen molar-refractivity contribution in [2.45, 2.75) is 58.2 Å². The summed E-state index contributed by atoms with van der Waals surface area (Å²) in [5.74, 6) is 0. The van der Waals surface area contributed by atoms with Gasteiger partial charge in [0.2, 0.25) is 0 Å². The zero-order valence-electron chi connectivity index (χ0n) is 15.4. The number of methoxy groups -OCH3 is 1. The predicted octanol–water partition coefficient (Wildman–Crippen LogP) is 2.85. The molecular weight excluding hydrogens is 298 g/mol. The topological polar surface area (TPSA) is 57.2 Å². The van der Waals surface area contributed by atoms with Crippen LogP contribution in [0.5, 0.6) is 0 Å². The summed E-state index contributed by atoms with van der Waals surface area (Å²) in [5, 5.41) is 0. The Bertz CT molecular complexity index is 345. The van der Waals surface area contributed by atoms with E-state index in [1.165, 1.54) is 0 Å². The third kappa shape index (κ3) is 7.50. The Morgan fingerprint density at radius 1 is 1.09 bits per heavy atom. The molecule has 1 aliphatic rings. The minimum absolute atomic E-state index is 0.150. The van der Waals surface area contributed by atoms with Crippen LogP contribution in [0.15, 0.2) is 0 Å². The van der Waals surface area contributed by atoms with E-state index in [2.05, 4.69) is 6.92 Å². The standard InChI is InChI=1S/C17H33NO5/c1-6-17(22-14-13-21-12-11-20-5)7-9-18(10-8-17)15(19)23-16(2,3)4/h6-14H2,1-5H3. The van der Waals surface area contributed by atoms with Gasteiger partial charge in [0, 0.05) is 20.2 Å². The van der Waals surface area contributed by atoms with Gasteiger partial charge in [0.05, 0.1) is 32.0 Å². The molecule has 0 unspecified atom stereocenters. The minimum Gasteiger partial charge on any atom is -0.444 e. The summed E-state index contributed by atoms with van der Waals surface area (Å²) in [6.45, 7) is 11.5. The van der Waals surface area contributed by atoms with Crippen molar-refractivity contribution in [2.24, 2.45) is 0 Å². The number of ether oxygens (including phenoxy) is 4. The van der Waals surface area contributed by atoms with Gasteiger partial charge in [-0.3, -0.25) is 0 Å². The molecule has 1 heterocycles.